The van der Waals surface area contributed by atoms with E-state index >= 15 is 0 Å². The van der Waals surface area contributed by atoms with Crippen LogP contribution in [0, 0.1) is 0 Å². The average Bonchev–Trinajstić information content (AvgIpc) is 3.48. The maximum atomic E-state index is 12.2. The van der Waals surface area contributed by atoms with E-state index in [1.54, 1.807) is 0 Å². The van der Waals surface area contributed by atoms with E-state index in [4.69, 9.17) is 18.5 Å². The highest BCUT2D eigenvalue weighted by atomic mass is 31.2. The van der Waals surface area contributed by atoms with Crippen LogP contribution in [0.5, 0.6) is 0 Å². The molecular weight excluding hydrogens is 569 g/mol. The zero-order valence-corrected chi connectivity index (χ0v) is 28.4. The molecule has 254 valence electrons. The smallest absolute Gasteiger partial charge is 0.313 e. The number of hydrogen-bond acceptors (Lipinski definition) is 9. The molecule has 1 aliphatic rings. The summed E-state index contributed by atoms with van der Waals surface area (Å²) in [6.45, 7) is 6.85. The third kappa shape index (κ3) is 26.1. The number of Topliss-reactive ketones (excluding diaryl/α,β-unsaturated/α-hetero) is 1. The average molecular weight is 633 g/mol. The summed E-state index contributed by atoms with van der Waals surface area (Å²) in [4.78, 5) is 37.8. The Morgan fingerprint density at radius 2 is 1.23 bits per heavy atom. The first-order chi connectivity index (χ1) is 20.8. The summed E-state index contributed by atoms with van der Waals surface area (Å²) in [5.74, 6) is -1.05. The Morgan fingerprint density at radius 1 is 0.721 bits per heavy atom. The zero-order chi connectivity index (χ0) is 31.4. The summed E-state index contributed by atoms with van der Waals surface area (Å²) in [7, 11) is -4.54. The molecule has 0 aromatic carbocycles. The third-order valence-corrected chi connectivity index (χ3v) is 8.84. The number of carbonyl (C=O) groups is 2. The van der Waals surface area contributed by atoms with E-state index < -0.39 is 26.5 Å². The molecule has 0 N–H and O–H groups in total. The van der Waals surface area contributed by atoms with Crippen molar-refractivity contribution in [3.05, 3.63) is 0 Å². The summed E-state index contributed by atoms with van der Waals surface area (Å²) in [6, 6.07) is 0. The Balaban J connectivity index is 2.10. The van der Waals surface area contributed by atoms with Crippen molar-refractivity contribution in [2.45, 2.75) is 155 Å². The van der Waals surface area contributed by atoms with Crippen LogP contribution in [0.2, 0.25) is 0 Å². The summed E-state index contributed by atoms with van der Waals surface area (Å²) in [5, 5.41) is 0. The number of rotatable bonds is 31. The van der Waals surface area contributed by atoms with Gasteiger partial charge >= 0.3 is 5.97 Å². The van der Waals surface area contributed by atoms with Crippen LogP contribution >= 0.6 is 7.82 Å². The number of carbonyl (C=O) groups excluding carboxylic acids is 2. The lowest BCUT2D eigenvalue weighted by atomic mass is 10.0. The van der Waals surface area contributed by atoms with Gasteiger partial charge in [-0.15, -0.1) is 0 Å². The van der Waals surface area contributed by atoms with Crippen molar-refractivity contribution in [2.24, 2.45) is 0 Å². The molecule has 0 amide bonds. The van der Waals surface area contributed by atoms with Gasteiger partial charge < -0.3 is 28.3 Å². The van der Waals surface area contributed by atoms with E-state index in [1.165, 1.54) is 103 Å². The quantitative estimate of drug-likeness (QED) is 0.0331. The third-order valence-electron chi connectivity index (χ3n) is 7.87. The molecule has 0 spiro atoms. The molecular formula is C33H63NO8P-. The molecule has 0 aromatic heterocycles. The minimum Gasteiger partial charge on any atom is -0.756 e. The molecule has 43 heavy (non-hydrogen) atoms. The predicted molar refractivity (Wildman–Crippen MR) is 170 cm³/mol. The van der Waals surface area contributed by atoms with Crippen LogP contribution in [0.25, 0.3) is 0 Å². The summed E-state index contributed by atoms with van der Waals surface area (Å²) in [5.41, 5.74) is 0. The molecule has 1 fully saturated rings. The largest absolute Gasteiger partial charge is 0.756 e. The number of ether oxygens (including phenoxy) is 2. The van der Waals surface area contributed by atoms with Gasteiger partial charge in [0.15, 0.2) is 0 Å². The van der Waals surface area contributed by atoms with E-state index in [0.717, 1.165) is 45.3 Å². The van der Waals surface area contributed by atoms with Gasteiger partial charge in [-0.3, -0.25) is 14.2 Å². The van der Waals surface area contributed by atoms with Crippen LogP contribution in [0.4, 0.5) is 0 Å². The lowest BCUT2D eigenvalue weighted by Gasteiger charge is -2.26. The van der Waals surface area contributed by atoms with E-state index in [1.807, 2.05) is 0 Å². The van der Waals surface area contributed by atoms with Crippen molar-refractivity contribution < 1.29 is 37.6 Å². The van der Waals surface area contributed by atoms with Crippen molar-refractivity contribution >= 4 is 19.6 Å². The van der Waals surface area contributed by atoms with Gasteiger partial charge in [-0.1, -0.05) is 103 Å². The van der Waals surface area contributed by atoms with Crippen LogP contribution in [0.3, 0.4) is 0 Å². The first-order valence-electron chi connectivity index (χ1n) is 17.4. The van der Waals surface area contributed by atoms with Crippen LogP contribution in [-0.2, 0) is 32.7 Å². The Bertz CT molecular complexity index is 732. The summed E-state index contributed by atoms with van der Waals surface area (Å²) >= 11 is 0. The number of likely N-dealkylation sites (tertiary alicyclic amines) is 1. The molecule has 0 bridgehead atoms. The van der Waals surface area contributed by atoms with Gasteiger partial charge in [-0.2, -0.15) is 0 Å². The Labute approximate surface area is 262 Å². The highest BCUT2D eigenvalue weighted by Crippen LogP contribution is 2.38. The van der Waals surface area contributed by atoms with Gasteiger partial charge in [0, 0.05) is 6.61 Å². The number of esters is 1. The summed E-state index contributed by atoms with van der Waals surface area (Å²) in [6.07, 6.45) is 23.3. The number of phosphoric acid groups is 1. The fourth-order valence-corrected chi connectivity index (χ4v) is 6.12. The molecule has 1 saturated heterocycles. The standard InChI is InChI=1S/C33H64NO8P/c1-3-4-5-6-7-8-9-10-11-12-13-14-15-16-17-21-26-39-29-32(42-33(36)28-31(2)35)30-41-43(37,38)40-27-22-20-25-34-23-18-19-24-34/h32H,3-30H2,1-2H3,(H,37,38)/p-1. The molecule has 0 aromatic rings. The SMILES string of the molecule is CCCCCCCCCCCCCCCCCCOCC(COP(=O)([O-])OCCCCN1CCCC1)OC(=O)CC(C)=O. The van der Waals surface area contributed by atoms with Gasteiger partial charge in [-0.25, -0.2) is 0 Å². The number of nitrogens with zero attached hydrogens (tertiary/aromatic N) is 1. The zero-order valence-electron chi connectivity index (χ0n) is 27.5. The van der Waals surface area contributed by atoms with E-state index in [0.29, 0.717) is 13.0 Å². The van der Waals surface area contributed by atoms with Crippen molar-refractivity contribution in [1.82, 2.24) is 4.90 Å². The van der Waals surface area contributed by atoms with E-state index in [2.05, 4.69) is 11.8 Å². The normalized spacial score (nSPS) is 15.9. The Morgan fingerprint density at radius 3 is 1.77 bits per heavy atom. The molecule has 1 rings (SSSR count). The molecule has 0 aliphatic carbocycles. The Kier molecular flexibility index (Phi) is 25.7. The maximum Gasteiger partial charge on any atom is 0.313 e. The topological polar surface area (TPSA) is 114 Å². The fraction of sp³-hybridized carbons (Fsp3) is 0.939. The van der Waals surface area contributed by atoms with Gasteiger partial charge in [0.25, 0.3) is 7.82 Å². The molecule has 2 atom stereocenters. The monoisotopic (exact) mass is 632 g/mol. The van der Waals surface area contributed by atoms with Crippen molar-refractivity contribution in [2.75, 3.05) is 46.1 Å². The predicted octanol–water partition coefficient (Wildman–Crippen LogP) is 7.53. The number of phosphoric ester groups is 1. The summed E-state index contributed by atoms with van der Waals surface area (Å²) < 4.78 is 33.1. The molecule has 1 aliphatic heterocycles. The highest BCUT2D eigenvalue weighted by molar-refractivity contribution is 7.45. The van der Waals surface area contributed by atoms with Crippen molar-refractivity contribution in [3.63, 3.8) is 0 Å². The van der Waals surface area contributed by atoms with Crippen molar-refractivity contribution in [3.8, 4) is 0 Å². The number of ketones is 1. The van der Waals surface area contributed by atoms with E-state index in [9.17, 15) is 19.0 Å². The van der Waals surface area contributed by atoms with Crippen LogP contribution in [-0.4, -0.2) is 68.8 Å². The number of hydrogen-bond donors (Lipinski definition) is 0. The molecule has 9 nitrogen and oxygen atoms in total. The van der Waals surface area contributed by atoms with E-state index in [-0.39, 0.29) is 25.4 Å². The lowest BCUT2D eigenvalue weighted by Crippen LogP contribution is -2.30. The molecule has 0 radical (unpaired) electrons. The van der Waals surface area contributed by atoms with Gasteiger partial charge in [-0.05, 0) is 58.7 Å². The number of unbranched alkanes of at least 4 members (excludes halogenated alkanes) is 16. The minimum absolute atomic E-state index is 0.00177. The second kappa shape index (κ2) is 27.5. The van der Waals surface area contributed by atoms with Crippen LogP contribution in [0.1, 0.15) is 149 Å². The fourth-order valence-electron chi connectivity index (χ4n) is 5.35. The first-order valence-corrected chi connectivity index (χ1v) is 18.9. The lowest BCUT2D eigenvalue weighted by molar-refractivity contribution is -0.228. The van der Waals surface area contributed by atoms with Gasteiger partial charge in [0.2, 0.25) is 0 Å². The van der Waals surface area contributed by atoms with Gasteiger partial charge in [0.1, 0.15) is 18.3 Å². The maximum absolute atomic E-state index is 12.2. The second-order valence-electron chi connectivity index (χ2n) is 12.2. The first kappa shape index (κ1) is 40.2. The molecule has 10 heteroatoms. The second-order valence-corrected chi connectivity index (χ2v) is 13.6. The highest BCUT2D eigenvalue weighted by Gasteiger charge is 2.20. The Hall–Kier alpha value is -0.830. The van der Waals surface area contributed by atoms with Gasteiger partial charge in [0.05, 0.1) is 19.8 Å². The molecule has 1 heterocycles. The van der Waals surface area contributed by atoms with Crippen LogP contribution in [0.15, 0.2) is 0 Å². The molecule has 2 unspecified atom stereocenters. The van der Waals surface area contributed by atoms with Crippen molar-refractivity contribution in [1.29, 1.82) is 0 Å². The molecule has 0 saturated carbocycles. The minimum atomic E-state index is -4.54. The van der Waals surface area contributed by atoms with Crippen LogP contribution < -0.4 is 4.89 Å².